The number of aromatic nitrogens is 4. The third-order valence-corrected chi connectivity index (χ3v) is 4.99. The van der Waals surface area contributed by atoms with Crippen molar-refractivity contribution in [3.8, 4) is 17.8 Å². The Morgan fingerprint density at radius 2 is 1.79 bits per heavy atom. The summed E-state index contributed by atoms with van der Waals surface area (Å²) in [4.78, 5) is 25.3. The SMILES string of the molecule is CC(Nc1nc(N)nc(N)c1C#N)c1nc2c(F)ccc(F)c2c(=O)n1-c1cccc(C#N)c1. The van der Waals surface area contributed by atoms with E-state index in [-0.39, 0.29) is 40.2 Å². The van der Waals surface area contributed by atoms with Crippen LogP contribution < -0.4 is 22.3 Å². The normalized spacial score (nSPS) is 11.6. The zero-order valence-electron chi connectivity index (χ0n) is 17.5. The number of nitriles is 2. The Labute approximate surface area is 190 Å². The first kappa shape index (κ1) is 22.1. The van der Waals surface area contributed by atoms with E-state index in [1.165, 1.54) is 24.3 Å². The van der Waals surface area contributed by atoms with Gasteiger partial charge in [0.2, 0.25) is 5.95 Å². The van der Waals surface area contributed by atoms with E-state index in [1.54, 1.807) is 6.92 Å². The molecule has 4 aromatic rings. The summed E-state index contributed by atoms with van der Waals surface area (Å²) < 4.78 is 30.2. The number of hydrogen-bond donors (Lipinski definition) is 3. The lowest BCUT2D eigenvalue weighted by Crippen LogP contribution is -2.28. The molecule has 0 spiro atoms. The molecule has 0 aliphatic rings. The number of rotatable bonds is 4. The van der Waals surface area contributed by atoms with Gasteiger partial charge in [0.15, 0.2) is 5.82 Å². The summed E-state index contributed by atoms with van der Waals surface area (Å²) in [6, 6.07) is 10.6. The summed E-state index contributed by atoms with van der Waals surface area (Å²) in [7, 11) is 0. The van der Waals surface area contributed by atoms with Gasteiger partial charge in [0.25, 0.3) is 5.56 Å². The van der Waals surface area contributed by atoms with Crippen molar-refractivity contribution in [2.24, 2.45) is 0 Å². The van der Waals surface area contributed by atoms with E-state index >= 15 is 0 Å². The van der Waals surface area contributed by atoms with Crippen LogP contribution in [0.15, 0.2) is 41.2 Å². The lowest BCUT2D eigenvalue weighted by molar-refractivity contribution is 0.609. The molecule has 1 unspecified atom stereocenters. The van der Waals surface area contributed by atoms with E-state index < -0.39 is 34.1 Å². The van der Waals surface area contributed by atoms with E-state index in [0.29, 0.717) is 0 Å². The number of nitrogens with zero attached hydrogens (tertiary/aromatic N) is 6. The molecule has 0 amide bonds. The largest absolute Gasteiger partial charge is 0.382 e. The van der Waals surface area contributed by atoms with Crippen molar-refractivity contribution in [3.05, 3.63) is 75.3 Å². The molecular formula is C22H15F2N9O. The predicted molar refractivity (Wildman–Crippen MR) is 120 cm³/mol. The Morgan fingerprint density at radius 1 is 1.06 bits per heavy atom. The minimum absolute atomic E-state index is 0.0358. The molecule has 10 nitrogen and oxygen atoms in total. The van der Waals surface area contributed by atoms with Crippen LogP contribution >= 0.6 is 0 Å². The molecule has 0 fully saturated rings. The Kier molecular flexibility index (Phi) is 5.49. The Bertz CT molecular complexity index is 1600. The Hall–Kier alpha value is -5.10. The third kappa shape index (κ3) is 3.69. The third-order valence-electron chi connectivity index (χ3n) is 4.99. The number of nitrogens with two attached hydrogens (primary N) is 2. The molecule has 0 saturated carbocycles. The minimum atomic E-state index is -0.950. The van der Waals surface area contributed by atoms with Crippen LogP contribution in [0.4, 0.5) is 26.4 Å². The van der Waals surface area contributed by atoms with E-state index in [4.69, 9.17) is 11.5 Å². The van der Waals surface area contributed by atoms with Crippen molar-refractivity contribution in [2.45, 2.75) is 13.0 Å². The van der Waals surface area contributed by atoms with Gasteiger partial charge < -0.3 is 16.8 Å². The zero-order chi connectivity index (χ0) is 24.6. The highest BCUT2D eigenvalue weighted by atomic mass is 19.1. The number of nitrogen functional groups attached to an aromatic ring is 2. The molecule has 0 aliphatic heterocycles. The van der Waals surface area contributed by atoms with Crippen molar-refractivity contribution in [1.29, 1.82) is 10.5 Å². The first-order chi connectivity index (χ1) is 16.2. The van der Waals surface area contributed by atoms with E-state index in [0.717, 1.165) is 16.7 Å². The molecule has 2 heterocycles. The van der Waals surface area contributed by atoms with Crippen LogP contribution in [0.25, 0.3) is 16.6 Å². The molecule has 5 N–H and O–H groups in total. The van der Waals surface area contributed by atoms with E-state index in [1.807, 2.05) is 12.1 Å². The summed E-state index contributed by atoms with van der Waals surface area (Å²) >= 11 is 0. The maximum atomic E-state index is 14.6. The molecule has 0 radical (unpaired) electrons. The number of halogens is 2. The second kappa shape index (κ2) is 8.44. The van der Waals surface area contributed by atoms with Crippen LogP contribution in [0.5, 0.6) is 0 Å². The highest BCUT2D eigenvalue weighted by Crippen LogP contribution is 2.26. The monoisotopic (exact) mass is 459 g/mol. The minimum Gasteiger partial charge on any atom is -0.382 e. The second-order valence-corrected chi connectivity index (χ2v) is 7.19. The summed E-state index contributed by atoms with van der Waals surface area (Å²) in [5, 5.41) is 21.0. The number of fused-ring (bicyclic) bond motifs is 1. The van der Waals surface area contributed by atoms with Gasteiger partial charge in [-0.15, -0.1) is 0 Å². The molecule has 0 aliphatic carbocycles. The number of anilines is 3. The first-order valence-corrected chi connectivity index (χ1v) is 9.76. The average Bonchev–Trinajstić information content (AvgIpc) is 2.80. The van der Waals surface area contributed by atoms with Crippen LogP contribution in [-0.2, 0) is 0 Å². The maximum absolute atomic E-state index is 14.6. The molecule has 168 valence electrons. The quantitative estimate of drug-likeness (QED) is 0.414. The molecule has 0 bridgehead atoms. The smallest absolute Gasteiger partial charge is 0.269 e. The Morgan fingerprint density at radius 3 is 2.50 bits per heavy atom. The summed E-state index contributed by atoms with van der Waals surface area (Å²) in [5.74, 6) is -2.29. The second-order valence-electron chi connectivity index (χ2n) is 7.19. The molecule has 4 rings (SSSR count). The van der Waals surface area contributed by atoms with Crippen LogP contribution in [0, 0.1) is 34.3 Å². The van der Waals surface area contributed by atoms with Crippen molar-refractivity contribution < 1.29 is 8.78 Å². The van der Waals surface area contributed by atoms with Crippen LogP contribution in [-0.4, -0.2) is 19.5 Å². The lowest BCUT2D eigenvalue weighted by Gasteiger charge is -2.21. The molecule has 34 heavy (non-hydrogen) atoms. The molecule has 2 aromatic heterocycles. The fourth-order valence-corrected chi connectivity index (χ4v) is 3.47. The molecule has 2 aromatic carbocycles. The van der Waals surface area contributed by atoms with Gasteiger partial charge in [-0.3, -0.25) is 9.36 Å². The van der Waals surface area contributed by atoms with Gasteiger partial charge in [-0.1, -0.05) is 6.07 Å². The number of hydrogen-bond acceptors (Lipinski definition) is 9. The summed E-state index contributed by atoms with van der Waals surface area (Å²) in [6.45, 7) is 1.56. The van der Waals surface area contributed by atoms with Crippen molar-refractivity contribution >= 4 is 28.5 Å². The van der Waals surface area contributed by atoms with Gasteiger partial charge in [0, 0.05) is 0 Å². The van der Waals surface area contributed by atoms with Gasteiger partial charge in [0.05, 0.1) is 23.4 Å². The molecular weight excluding hydrogens is 444 g/mol. The molecule has 12 heteroatoms. The van der Waals surface area contributed by atoms with Crippen molar-refractivity contribution in [1.82, 2.24) is 19.5 Å². The first-order valence-electron chi connectivity index (χ1n) is 9.76. The van der Waals surface area contributed by atoms with E-state index in [2.05, 4.69) is 20.3 Å². The van der Waals surface area contributed by atoms with Crippen LogP contribution in [0.1, 0.15) is 29.9 Å². The van der Waals surface area contributed by atoms with Crippen molar-refractivity contribution in [3.63, 3.8) is 0 Å². The highest BCUT2D eigenvalue weighted by molar-refractivity contribution is 5.79. The maximum Gasteiger partial charge on any atom is 0.269 e. The molecule has 0 saturated heterocycles. The van der Waals surface area contributed by atoms with Crippen LogP contribution in [0.3, 0.4) is 0 Å². The highest BCUT2D eigenvalue weighted by Gasteiger charge is 2.23. The average molecular weight is 459 g/mol. The molecule has 1 atom stereocenters. The van der Waals surface area contributed by atoms with Gasteiger partial charge in [0.1, 0.15) is 45.8 Å². The fourth-order valence-electron chi connectivity index (χ4n) is 3.47. The van der Waals surface area contributed by atoms with Gasteiger partial charge in [-0.05, 0) is 37.3 Å². The van der Waals surface area contributed by atoms with Gasteiger partial charge in [-0.2, -0.15) is 20.5 Å². The lowest BCUT2D eigenvalue weighted by atomic mass is 10.1. The van der Waals surface area contributed by atoms with E-state index in [9.17, 15) is 24.1 Å². The number of benzene rings is 2. The topological polar surface area (TPSA) is 172 Å². The van der Waals surface area contributed by atoms with Gasteiger partial charge >= 0.3 is 0 Å². The summed E-state index contributed by atoms with van der Waals surface area (Å²) in [6.07, 6.45) is 0. The van der Waals surface area contributed by atoms with Gasteiger partial charge in [-0.25, -0.2) is 13.8 Å². The summed E-state index contributed by atoms with van der Waals surface area (Å²) in [5.41, 5.74) is 10.4. The predicted octanol–water partition coefficient (Wildman–Crippen LogP) is 2.53. The standard InChI is InChI=1S/C22H15F2N9O/c1-10(29-19-13(9-26)18(27)31-22(28)32-19)20-30-17-15(24)6-5-14(23)16(17)21(34)33(20)12-4-2-3-11(7-12)8-25/h2-7,10H,1H3,(H5,27,28,29,31,32). The van der Waals surface area contributed by atoms with Crippen molar-refractivity contribution in [2.75, 3.05) is 16.8 Å². The number of nitrogens with one attached hydrogen (secondary N) is 1. The van der Waals surface area contributed by atoms with Crippen LogP contribution in [0.2, 0.25) is 0 Å². The fraction of sp³-hybridized carbons (Fsp3) is 0.0909. The zero-order valence-corrected chi connectivity index (χ0v) is 17.5. The Balaban J connectivity index is 2.00.